The highest BCUT2D eigenvalue weighted by Gasteiger charge is 2.32. The summed E-state index contributed by atoms with van der Waals surface area (Å²) in [6.45, 7) is 0. The molecule has 1 N–H and O–H groups in total. The van der Waals surface area contributed by atoms with Crippen molar-refractivity contribution >= 4 is 0 Å². The fraction of sp³-hybridized carbons (Fsp3) is 0.250. The molecule has 1 aromatic carbocycles. The van der Waals surface area contributed by atoms with E-state index in [9.17, 15) is 22.7 Å². The van der Waals surface area contributed by atoms with Gasteiger partial charge < -0.3 is 5.11 Å². The quantitative estimate of drug-likeness (QED) is 0.855. The Hall–Kier alpha value is -1.89. The van der Waals surface area contributed by atoms with Gasteiger partial charge in [-0.15, -0.1) is 0 Å². The van der Waals surface area contributed by atoms with E-state index < -0.39 is 29.2 Å². The summed E-state index contributed by atoms with van der Waals surface area (Å²) in [5.74, 6) is -0.901. The number of hydrogen-bond donors (Lipinski definition) is 1. The van der Waals surface area contributed by atoms with Crippen molar-refractivity contribution in [1.29, 1.82) is 0 Å². The first-order valence-corrected chi connectivity index (χ1v) is 5.33. The van der Waals surface area contributed by atoms with Crippen LogP contribution < -0.4 is 0 Å². The Morgan fingerprint density at radius 1 is 1.26 bits per heavy atom. The zero-order valence-corrected chi connectivity index (χ0v) is 9.82. The van der Waals surface area contributed by atoms with E-state index in [1.165, 1.54) is 24.0 Å². The van der Waals surface area contributed by atoms with Crippen molar-refractivity contribution < 1.29 is 22.7 Å². The Labute approximate surface area is 106 Å². The summed E-state index contributed by atoms with van der Waals surface area (Å²) in [7, 11) is 1.50. The highest BCUT2D eigenvalue weighted by molar-refractivity contribution is 5.32. The van der Waals surface area contributed by atoms with Crippen LogP contribution in [0.4, 0.5) is 17.6 Å². The molecule has 102 valence electrons. The molecule has 19 heavy (non-hydrogen) atoms. The molecule has 0 spiro atoms. The van der Waals surface area contributed by atoms with Gasteiger partial charge in [-0.3, -0.25) is 4.68 Å². The summed E-state index contributed by atoms with van der Waals surface area (Å²) in [6.07, 6.45) is -4.73. The van der Waals surface area contributed by atoms with E-state index in [2.05, 4.69) is 5.10 Å². The minimum atomic E-state index is -4.59. The van der Waals surface area contributed by atoms with Crippen molar-refractivity contribution in [1.82, 2.24) is 9.78 Å². The Balaban J connectivity index is 2.47. The highest BCUT2D eigenvalue weighted by Crippen LogP contribution is 2.33. The van der Waals surface area contributed by atoms with E-state index in [1.54, 1.807) is 0 Å². The van der Waals surface area contributed by atoms with Crippen LogP contribution in [0.15, 0.2) is 30.5 Å². The molecule has 0 amide bonds. The number of aliphatic hydroxyl groups is 1. The van der Waals surface area contributed by atoms with Gasteiger partial charge in [-0.1, -0.05) is 0 Å². The molecule has 0 radical (unpaired) electrons. The van der Waals surface area contributed by atoms with Crippen LogP contribution >= 0.6 is 0 Å². The van der Waals surface area contributed by atoms with Gasteiger partial charge in [0.15, 0.2) is 0 Å². The lowest BCUT2D eigenvalue weighted by Crippen LogP contribution is -2.11. The predicted molar refractivity (Wildman–Crippen MR) is 58.7 cm³/mol. The van der Waals surface area contributed by atoms with E-state index in [0.29, 0.717) is 18.2 Å². The van der Waals surface area contributed by atoms with Crippen molar-refractivity contribution in [2.24, 2.45) is 7.05 Å². The second kappa shape index (κ2) is 4.65. The van der Waals surface area contributed by atoms with Crippen LogP contribution in [0.1, 0.15) is 22.9 Å². The van der Waals surface area contributed by atoms with Gasteiger partial charge in [-0.25, -0.2) is 4.39 Å². The Morgan fingerprint density at radius 2 is 1.95 bits per heavy atom. The summed E-state index contributed by atoms with van der Waals surface area (Å²) in [5.41, 5.74) is -1.23. The number of hydrogen-bond acceptors (Lipinski definition) is 2. The molecule has 1 aromatic heterocycles. The van der Waals surface area contributed by atoms with Crippen molar-refractivity contribution in [3.05, 3.63) is 53.1 Å². The summed E-state index contributed by atoms with van der Waals surface area (Å²) < 4.78 is 52.5. The smallest absolute Gasteiger partial charge is 0.382 e. The molecule has 0 fully saturated rings. The summed E-state index contributed by atoms with van der Waals surface area (Å²) in [5, 5.41) is 13.7. The second-order valence-electron chi connectivity index (χ2n) is 4.02. The molecule has 3 nitrogen and oxygen atoms in total. The van der Waals surface area contributed by atoms with Gasteiger partial charge >= 0.3 is 6.18 Å². The Bertz CT molecular complexity index is 592. The molecule has 1 atom stereocenters. The van der Waals surface area contributed by atoms with Crippen molar-refractivity contribution in [3.63, 3.8) is 0 Å². The van der Waals surface area contributed by atoms with E-state index in [1.807, 2.05) is 0 Å². The first kappa shape index (κ1) is 13.5. The van der Waals surface area contributed by atoms with Gasteiger partial charge in [0, 0.05) is 18.8 Å². The molecule has 0 saturated carbocycles. The third kappa shape index (κ3) is 2.60. The lowest BCUT2D eigenvalue weighted by molar-refractivity contribution is -0.137. The molecule has 2 rings (SSSR count). The normalized spacial score (nSPS) is 13.6. The van der Waals surface area contributed by atoms with Crippen molar-refractivity contribution in [2.45, 2.75) is 12.3 Å². The van der Waals surface area contributed by atoms with Gasteiger partial charge in [0.1, 0.15) is 11.9 Å². The van der Waals surface area contributed by atoms with E-state index in [0.717, 1.165) is 0 Å². The summed E-state index contributed by atoms with van der Waals surface area (Å²) in [6, 6.07) is 3.34. The fourth-order valence-corrected chi connectivity index (χ4v) is 1.74. The van der Waals surface area contributed by atoms with Crippen molar-refractivity contribution in [3.8, 4) is 0 Å². The molecule has 1 unspecified atom stereocenters. The number of aromatic nitrogens is 2. The number of halogens is 4. The molecule has 0 aliphatic carbocycles. The molecule has 7 heteroatoms. The van der Waals surface area contributed by atoms with Crippen LogP contribution in [0, 0.1) is 5.82 Å². The number of aliphatic hydroxyl groups excluding tert-OH is 1. The zero-order valence-electron chi connectivity index (χ0n) is 9.82. The van der Waals surface area contributed by atoms with Gasteiger partial charge in [-0.2, -0.15) is 18.3 Å². The molecular formula is C12H10F4N2O. The number of rotatable bonds is 2. The molecule has 2 aromatic rings. The highest BCUT2D eigenvalue weighted by atomic mass is 19.4. The molecule has 0 bridgehead atoms. The Kier molecular flexibility index (Phi) is 3.32. The second-order valence-corrected chi connectivity index (χ2v) is 4.02. The topological polar surface area (TPSA) is 38.0 Å². The van der Waals surface area contributed by atoms with Crippen LogP contribution in [0.3, 0.4) is 0 Å². The maximum Gasteiger partial charge on any atom is 0.416 e. The summed E-state index contributed by atoms with van der Waals surface area (Å²) >= 11 is 0. The van der Waals surface area contributed by atoms with Gasteiger partial charge in [0.2, 0.25) is 0 Å². The summed E-state index contributed by atoms with van der Waals surface area (Å²) in [4.78, 5) is 0. The van der Waals surface area contributed by atoms with Crippen LogP contribution in [0.5, 0.6) is 0 Å². The number of aryl methyl sites for hydroxylation is 1. The average molecular weight is 274 g/mol. The van der Waals surface area contributed by atoms with Crippen molar-refractivity contribution in [2.75, 3.05) is 0 Å². The van der Waals surface area contributed by atoms with Crippen LogP contribution in [-0.2, 0) is 13.2 Å². The number of benzene rings is 1. The van der Waals surface area contributed by atoms with E-state index in [-0.39, 0.29) is 5.69 Å². The molecular weight excluding hydrogens is 264 g/mol. The van der Waals surface area contributed by atoms with Crippen LogP contribution in [-0.4, -0.2) is 14.9 Å². The third-order valence-corrected chi connectivity index (χ3v) is 2.76. The zero-order chi connectivity index (χ0) is 14.2. The number of alkyl halides is 3. The minimum Gasteiger partial charge on any atom is -0.382 e. The maximum absolute atomic E-state index is 13.6. The molecule has 0 aliphatic rings. The lowest BCUT2D eigenvalue weighted by Gasteiger charge is -2.15. The van der Waals surface area contributed by atoms with Gasteiger partial charge in [0.25, 0.3) is 0 Å². The first-order valence-electron chi connectivity index (χ1n) is 5.33. The monoisotopic (exact) mass is 274 g/mol. The van der Waals surface area contributed by atoms with E-state index >= 15 is 0 Å². The van der Waals surface area contributed by atoms with E-state index in [4.69, 9.17) is 0 Å². The Morgan fingerprint density at radius 3 is 2.47 bits per heavy atom. The minimum absolute atomic E-state index is 0.207. The first-order chi connectivity index (χ1) is 8.80. The largest absolute Gasteiger partial charge is 0.416 e. The fourth-order valence-electron chi connectivity index (χ4n) is 1.74. The van der Waals surface area contributed by atoms with Gasteiger partial charge in [-0.05, 0) is 24.3 Å². The van der Waals surface area contributed by atoms with Crippen LogP contribution in [0.2, 0.25) is 0 Å². The van der Waals surface area contributed by atoms with Crippen LogP contribution in [0.25, 0.3) is 0 Å². The SMILES string of the molecule is Cn1nccc1C(O)c1cc(C(F)(F)F)ccc1F. The standard InChI is InChI=1S/C12H10F4N2O/c1-18-10(4-5-17-18)11(19)8-6-7(12(14,15)16)2-3-9(8)13/h2-6,11,19H,1H3. The maximum atomic E-state index is 13.6. The number of nitrogens with zero attached hydrogens (tertiary/aromatic N) is 2. The third-order valence-electron chi connectivity index (χ3n) is 2.76. The van der Waals surface area contributed by atoms with Gasteiger partial charge in [0.05, 0.1) is 11.3 Å². The lowest BCUT2D eigenvalue weighted by atomic mass is 10.0. The average Bonchev–Trinajstić information content (AvgIpc) is 2.73. The molecule has 1 heterocycles. The molecule has 0 saturated heterocycles. The molecule has 0 aliphatic heterocycles. The predicted octanol–water partition coefficient (Wildman–Crippen LogP) is 2.66.